The van der Waals surface area contributed by atoms with E-state index in [1.54, 1.807) is 0 Å². The average Bonchev–Trinajstić information content (AvgIpc) is 3.13. The van der Waals surface area contributed by atoms with E-state index in [-0.39, 0.29) is 27.6 Å². The van der Waals surface area contributed by atoms with E-state index in [1.807, 2.05) is 0 Å². The molecule has 3 atom stereocenters. The summed E-state index contributed by atoms with van der Waals surface area (Å²) in [5, 5.41) is 0. The largest absolute Gasteiger partial charge is 0.295 e. The minimum absolute atomic E-state index is 0.186. The second-order valence-electron chi connectivity index (χ2n) is 14.7. The predicted molar refractivity (Wildman–Crippen MR) is 198 cm³/mol. The third-order valence-electron chi connectivity index (χ3n) is 11.5. The topological polar surface area (TPSA) is 54.4 Å². The molecule has 0 saturated heterocycles. The SMILES string of the molecule is Cc1ccc([S+](c2ccccc2)c2cccc(C3CCCC(c4cc(C5CCCCC5)c(S(=O)(=O)O)c(C5CCCCC5)c4)C3)c2)cc1. The number of hydrogen-bond donors (Lipinski definition) is 1. The molecule has 0 bridgehead atoms. The zero-order valence-electron chi connectivity index (χ0n) is 28.4. The highest BCUT2D eigenvalue weighted by atomic mass is 32.2. The van der Waals surface area contributed by atoms with Crippen LogP contribution >= 0.6 is 0 Å². The fourth-order valence-corrected chi connectivity index (χ4v) is 12.2. The van der Waals surface area contributed by atoms with Gasteiger partial charge in [-0.3, -0.25) is 4.55 Å². The molecule has 0 heterocycles. The summed E-state index contributed by atoms with van der Waals surface area (Å²) in [5.41, 5.74) is 5.86. The molecular weight excluding hydrogens is 629 g/mol. The van der Waals surface area contributed by atoms with E-state index >= 15 is 0 Å². The lowest BCUT2D eigenvalue weighted by Gasteiger charge is -2.33. The van der Waals surface area contributed by atoms with Crippen molar-refractivity contribution in [1.82, 2.24) is 0 Å². The normalized spacial score (nSPS) is 22.0. The molecule has 0 aromatic heterocycles. The number of aryl methyl sites for hydroxylation is 1. The fourth-order valence-electron chi connectivity index (χ4n) is 9.00. The Morgan fingerprint density at radius 2 is 1.06 bits per heavy atom. The van der Waals surface area contributed by atoms with Crippen molar-refractivity contribution >= 4 is 21.0 Å². The molecule has 48 heavy (non-hydrogen) atoms. The van der Waals surface area contributed by atoms with Crippen LogP contribution in [0.1, 0.15) is 141 Å². The molecule has 0 aliphatic heterocycles. The molecule has 3 aliphatic carbocycles. The molecule has 0 amide bonds. The van der Waals surface area contributed by atoms with Crippen molar-refractivity contribution in [2.45, 2.75) is 140 Å². The van der Waals surface area contributed by atoms with Gasteiger partial charge in [0.05, 0.1) is 10.9 Å². The van der Waals surface area contributed by atoms with Crippen molar-refractivity contribution in [3.8, 4) is 0 Å². The zero-order valence-corrected chi connectivity index (χ0v) is 30.1. The van der Waals surface area contributed by atoms with Crippen LogP contribution in [0.5, 0.6) is 0 Å². The van der Waals surface area contributed by atoms with Gasteiger partial charge in [0.25, 0.3) is 10.1 Å². The van der Waals surface area contributed by atoms with Gasteiger partial charge in [0.15, 0.2) is 14.7 Å². The lowest BCUT2D eigenvalue weighted by molar-refractivity contribution is 0.389. The smallest absolute Gasteiger partial charge is 0.282 e. The molecular formula is C43H51O3S2+. The summed E-state index contributed by atoms with van der Waals surface area (Å²) in [6, 6.07) is 33.8. The first-order valence-electron chi connectivity index (χ1n) is 18.5. The van der Waals surface area contributed by atoms with Gasteiger partial charge < -0.3 is 0 Å². The van der Waals surface area contributed by atoms with E-state index in [0.717, 1.165) is 75.3 Å². The Hall–Kier alpha value is -2.86. The van der Waals surface area contributed by atoms with Crippen LogP contribution < -0.4 is 0 Å². The second kappa shape index (κ2) is 14.9. The van der Waals surface area contributed by atoms with Crippen LogP contribution in [0, 0.1) is 6.92 Å². The molecule has 1 N–H and O–H groups in total. The third kappa shape index (κ3) is 7.49. The van der Waals surface area contributed by atoms with Crippen LogP contribution in [0.3, 0.4) is 0 Å². The quantitative estimate of drug-likeness (QED) is 0.149. The summed E-state index contributed by atoms with van der Waals surface area (Å²) in [7, 11) is -4.51. The van der Waals surface area contributed by atoms with Gasteiger partial charge in [-0.15, -0.1) is 0 Å². The maximum Gasteiger partial charge on any atom is 0.295 e. The van der Waals surface area contributed by atoms with E-state index in [0.29, 0.717) is 11.8 Å². The first-order chi connectivity index (χ1) is 23.3. The molecule has 5 heteroatoms. The summed E-state index contributed by atoms with van der Waals surface area (Å²) in [4.78, 5) is 4.31. The highest BCUT2D eigenvalue weighted by molar-refractivity contribution is 7.97. The maximum atomic E-state index is 13.1. The average molecular weight is 680 g/mol. The zero-order chi connectivity index (χ0) is 33.1. The van der Waals surface area contributed by atoms with Crippen LogP contribution in [0.2, 0.25) is 0 Å². The van der Waals surface area contributed by atoms with Crippen LogP contribution in [-0.4, -0.2) is 13.0 Å². The molecule has 3 aliphatic rings. The summed E-state index contributed by atoms with van der Waals surface area (Å²) >= 11 is 0. The van der Waals surface area contributed by atoms with E-state index in [1.165, 1.54) is 57.1 Å². The van der Waals surface area contributed by atoms with Crippen molar-refractivity contribution < 1.29 is 13.0 Å². The summed E-state index contributed by atoms with van der Waals surface area (Å²) in [6.07, 6.45) is 15.6. The molecule has 3 saturated carbocycles. The first-order valence-corrected chi connectivity index (χ1v) is 21.1. The first kappa shape index (κ1) is 33.6. The lowest BCUT2D eigenvalue weighted by atomic mass is 9.73. The van der Waals surface area contributed by atoms with Gasteiger partial charge in [-0.25, -0.2) is 0 Å². The monoisotopic (exact) mass is 679 g/mol. The number of rotatable bonds is 8. The Balaban J connectivity index is 1.24. The second-order valence-corrected chi connectivity index (χ2v) is 18.1. The molecule has 4 aromatic rings. The van der Waals surface area contributed by atoms with Gasteiger partial charge in [0.2, 0.25) is 0 Å². The van der Waals surface area contributed by atoms with Crippen LogP contribution in [0.15, 0.2) is 111 Å². The summed E-state index contributed by atoms with van der Waals surface area (Å²) < 4.78 is 37.0. The van der Waals surface area contributed by atoms with E-state index in [9.17, 15) is 13.0 Å². The summed E-state index contributed by atoms with van der Waals surface area (Å²) in [6.45, 7) is 2.15. The number of hydrogen-bond acceptors (Lipinski definition) is 2. The van der Waals surface area contributed by atoms with Crippen molar-refractivity contribution in [3.63, 3.8) is 0 Å². The standard InChI is InChI=1S/C43H50O3S2/c1-31-23-25-39(26-24-31)47(38-20-9-4-10-21-38)40-22-12-19-36(28-40)34-17-11-18-35(27-34)37-29-41(32-13-5-2-6-14-32)43(48(44,45)46)42(30-37)33-15-7-3-8-16-33/h4,9-10,12,19-26,28-30,32-35H,2-3,5-8,11,13-18,27H2,1H3/p+1. The van der Waals surface area contributed by atoms with Crippen LogP contribution in [0.4, 0.5) is 0 Å². The minimum atomic E-state index is -4.32. The summed E-state index contributed by atoms with van der Waals surface area (Å²) in [5.74, 6) is 1.27. The molecule has 3 nitrogen and oxygen atoms in total. The number of benzene rings is 4. The van der Waals surface area contributed by atoms with Gasteiger partial charge in [0.1, 0.15) is 4.90 Å². The third-order valence-corrected chi connectivity index (χ3v) is 14.7. The van der Waals surface area contributed by atoms with Gasteiger partial charge in [0, 0.05) is 0 Å². The van der Waals surface area contributed by atoms with Gasteiger partial charge in [-0.2, -0.15) is 8.42 Å². The molecule has 7 rings (SSSR count). The predicted octanol–water partition coefficient (Wildman–Crippen LogP) is 11.9. The van der Waals surface area contributed by atoms with Gasteiger partial charge in [-0.1, -0.05) is 105 Å². The Bertz CT molecular complexity index is 1750. The van der Waals surface area contributed by atoms with E-state index in [4.69, 9.17) is 0 Å². The van der Waals surface area contributed by atoms with Crippen molar-refractivity contribution in [3.05, 3.63) is 119 Å². The van der Waals surface area contributed by atoms with Crippen LogP contribution in [0.25, 0.3) is 0 Å². The van der Waals surface area contributed by atoms with Gasteiger partial charge >= 0.3 is 0 Å². The molecule has 3 fully saturated rings. The Morgan fingerprint density at radius 3 is 1.65 bits per heavy atom. The van der Waals surface area contributed by atoms with Crippen molar-refractivity contribution in [1.29, 1.82) is 0 Å². The minimum Gasteiger partial charge on any atom is -0.282 e. The Labute approximate surface area is 291 Å². The van der Waals surface area contributed by atoms with Crippen molar-refractivity contribution in [2.24, 2.45) is 0 Å². The van der Waals surface area contributed by atoms with Crippen molar-refractivity contribution in [2.75, 3.05) is 0 Å². The van der Waals surface area contributed by atoms with E-state index in [2.05, 4.69) is 97.9 Å². The molecule has 0 spiro atoms. The Morgan fingerprint density at radius 1 is 0.542 bits per heavy atom. The Kier molecular flexibility index (Phi) is 10.5. The van der Waals surface area contributed by atoms with E-state index < -0.39 is 10.1 Å². The molecule has 252 valence electrons. The highest BCUT2D eigenvalue weighted by Gasteiger charge is 2.34. The van der Waals surface area contributed by atoms with Gasteiger partial charge in [-0.05, 0) is 134 Å². The molecule has 0 radical (unpaired) electrons. The molecule has 3 unspecified atom stereocenters. The fraction of sp³-hybridized carbons (Fsp3) is 0.442. The highest BCUT2D eigenvalue weighted by Crippen LogP contribution is 2.48. The molecule has 4 aromatic carbocycles. The maximum absolute atomic E-state index is 13.1. The lowest BCUT2D eigenvalue weighted by Crippen LogP contribution is -2.19. The van der Waals surface area contributed by atoms with Crippen LogP contribution in [-0.2, 0) is 21.0 Å².